The minimum absolute atomic E-state index is 0. The van der Waals surface area contributed by atoms with Gasteiger partial charge < -0.3 is 7.16 Å². The Kier molecular flexibility index (Phi) is 14.3. The van der Waals surface area contributed by atoms with Gasteiger partial charge in [0.2, 0.25) is 0 Å². The predicted molar refractivity (Wildman–Crippen MR) is 96.3 cm³/mol. The Morgan fingerprint density at radius 1 is 0.792 bits per heavy atom. The van der Waals surface area contributed by atoms with Gasteiger partial charge >= 0.3 is 29.6 Å². The summed E-state index contributed by atoms with van der Waals surface area (Å²) in [6.07, 6.45) is 13.6. The molecule has 1 aromatic rings. The Bertz CT molecular complexity index is 524. The van der Waals surface area contributed by atoms with Gasteiger partial charge in [0.1, 0.15) is 0 Å². The standard InChI is InChI=1S/C18H31NO3S.Na.H/c19-16-10-8-6-4-2-1-3-5-7-9-11-17-12-14-18(15-13-17)23(20,21)22;;/h12-15H,1-11,16,19H2,(H,20,21,22);;/q;+1;-1. The second-order valence-corrected chi connectivity index (χ2v) is 7.61. The van der Waals surface area contributed by atoms with E-state index in [0.717, 1.165) is 31.4 Å². The van der Waals surface area contributed by atoms with Crippen LogP contribution in [0.5, 0.6) is 0 Å². The number of hydrogen-bond acceptors (Lipinski definition) is 3. The zero-order valence-corrected chi connectivity index (χ0v) is 17.9. The van der Waals surface area contributed by atoms with E-state index in [1.54, 1.807) is 12.1 Å². The third kappa shape index (κ3) is 11.6. The van der Waals surface area contributed by atoms with Gasteiger partial charge in [0.05, 0.1) is 4.90 Å². The van der Waals surface area contributed by atoms with Crippen LogP contribution in [0.15, 0.2) is 29.2 Å². The van der Waals surface area contributed by atoms with Gasteiger partial charge in [-0.15, -0.1) is 0 Å². The molecular weight excluding hydrogens is 333 g/mol. The Hall–Kier alpha value is 0.0900. The molecule has 0 radical (unpaired) electrons. The molecule has 1 rings (SSSR count). The summed E-state index contributed by atoms with van der Waals surface area (Å²) in [4.78, 5) is -0.0345. The maximum Gasteiger partial charge on any atom is 1.00 e. The SMILES string of the molecule is NCCCCCCCCCCCCc1ccc(S(=O)(=O)O)cc1.[H-].[Na+]. The van der Waals surface area contributed by atoms with E-state index in [1.807, 2.05) is 0 Å². The molecular formula is C18H32NNaO3S. The molecule has 0 atom stereocenters. The van der Waals surface area contributed by atoms with Crippen LogP contribution in [0.3, 0.4) is 0 Å². The van der Waals surface area contributed by atoms with Crippen LogP contribution in [0.25, 0.3) is 0 Å². The number of nitrogens with two attached hydrogens (primary N) is 1. The van der Waals surface area contributed by atoms with Crippen molar-refractivity contribution >= 4 is 10.1 Å². The number of hydrogen-bond donors (Lipinski definition) is 2. The normalized spacial score (nSPS) is 11.2. The van der Waals surface area contributed by atoms with Crippen LogP contribution in [-0.2, 0) is 16.5 Å². The Labute approximate surface area is 171 Å². The zero-order chi connectivity index (χ0) is 17.0. The molecule has 0 unspecified atom stereocenters. The number of rotatable bonds is 13. The second-order valence-electron chi connectivity index (χ2n) is 6.19. The van der Waals surface area contributed by atoms with Crippen molar-refractivity contribution in [1.29, 1.82) is 0 Å². The average molecular weight is 366 g/mol. The minimum Gasteiger partial charge on any atom is -1.00 e. The first-order chi connectivity index (χ1) is 11.0. The molecule has 1 aromatic carbocycles. The summed E-state index contributed by atoms with van der Waals surface area (Å²) in [5, 5.41) is 0. The zero-order valence-electron chi connectivity index (χ0n) is 16.0. The molecule has 0 saturated carbocycles. The quantitative estimate of drug-likeness (QED) is 0.315. The topological polar surface area (TPSA) is 80.4 Å². The van der Waals surface area contributed by atoms with Gasteiger partial charge in [-0.25, -0.2) is 0 Å². The maximum atomic E-state index is 11.0. The molecule has 4 nitrogen and oxygen atoms in total. The van der Waals surface area contributed by atoms with Gasteiger partial charge in [-0.05, 0) is 43.5 Å². The van der Waals surface area contributed by atoms with Crippen LogP contribution in [0.1, 0.15) is 71.2 Å². The van der Waals surface area contributed by atoms with E-state index in [1.165, 1.54) is 63.5 Å². The van der Waals surface area contributed by atoms with E-state index in [2.05, 4.69) is 0 Å². The van der Waals surface area contributed by atoms with Crippen LogP contribution in [0.2, 0.25) is 0 Å². The number of aryl methyl sites for hydroxylation is 1. The molecule has 0 fully saturated rings. The van der Waals surface area contributed by atoms with Crippen LogP contribution in [0, 0.1) is 0 Å². The van der Waals surface area contributed by atoms with Gasteiger partial charge in [0.25, 0.3) is 10.1 Å². The molecule has 0 aliphatic heterocycles. The van der Waals surface area contributed by atoms with Gasteiger partial charge in [-0.2, -0.15) is 8.42 Å². The maximum absolute atomic E-state index is 11.0. The number of benzene rings is 1. The van der Waals surface area contributed by atoms with Crippen LogP contribution in [-0.4, -0.2) is 19.5 Å². The Morgan fingerprint density at radius 2 is 1.21 bits per heavy atom. The van der Waals surface area contributed by atoms with Crippen molar-refractivity contribution in [2.75, 3.05) is 6.54 Å². The van der Waals surface area contributed by atoms with Gasteiger partial charge in [0, 0.05) is 0 Å². The molecule has 3 N–H and O–H groups in total. The van der Waals surface area contributed by atoms with Crippen molar-refractivity contribution in [2.24, 2.45) is 5.73 Å². The third-order valence-corrected chi connectivity index (χ3v) is 5.01. The monoisotopic (exact) mass is 365 g/mol. The molecule has 0 saturated heterocycles. The number of unbranched alkanes of at least 4 members (excludes halogenated alkanes) is 9. The molecule has 24 heavy (non-hydrogen) atoms. The molecule has 0 spiro atoms. The van der Waals surface area contributed by atoms with Crippen molar-refractivity contribution < 1.29 is 44.0 Å². The molecule has 134 valence electrons. The van der Waals surface area contributed by atoms with Gasteiger partial charge in [-0.1, -0.05) is 63.5 Å². The summed E-state index contributed by atoms with van der Waals surface area (Å²) in [7, 11) is -4.07. The van der Waals surface area contributed by atoms with Crippen molar-refractivity contribution in [2.45, 2.75) is 75.5 Å². The summed E-state index contributed by atoms with van der Waals surface area (Å²) in [6.45, 7) is 0.818. The molecule has 0 aliphatic carbocycles. The Balaban J connectivity index is 0. The fourth-order valence-electron chi connectivity index (χ4n) is 2.72. The first-order valence-electron chi connectivity index (χ1n) is 8.80. The van der Waals surface area contributed by atoms with E-state index in [4.69, 9.17) is 10.3 Å². The predicted octanol–water partition coefficient (Wildman–Crippen LogP) is 1.45. The van der Waals surface area contributed by atoms with Crippen molar-refractivity contribution in [3.8, 4) is 0 Å². The molecule has 0 bridgehead atoms. The smallest absolute Gasteiger partial charge is 1.00 e. The first-order valence-corrected chi connectivity index (χ1v) is 10.2. The summed E-state index contributed by atoms with van der Waals surface area (Å²) >= 11 is 0. The van der Waals surface area contributed by atoms with Crippen molar-refractivity contribution in [1.82, 2.24) is 0 Å². The average Bonchev–Trinajstić information content (AvgIpc) is 2.52. The van der Waals surface area contributed by atoms with E-state index in [9.17, 15) is 8.42 Å². The van der Waals surface area contributed by atoms with Crippen molar-refractivity contribution in [3.05, 3.63) is 29.8 Å². The fraction of sp³-hybridized carbons (Fsp3) is 0.667. The first kappa shape index (κ1) is 24.1. The molecule has 0 aliphatic rings. The summed E-state index contributed by atoms with van der Waals surface area (Å²) in [6, 6.07) is 6.50. The van der Waals surface area contributed by atoms with Crippen LogP contribution < -0.4 is 35.3 Å². The van der Waals surface area contributed by atoms with Crippen LogP contribution in [0.4, 0.5) is 0 Å². The van der Waals surface area contributed by atoms with Gasteiger partial charge in [0.15, 0.2) is 0 Å². The van der Waals surface area contributed by atoms with Crippen LogP contribution >= 0.6 is 0 Å². The largest absolute Gasteiger partial charge is 1.00 e. The molecule has 0 heterocycles. The van der Waals surface area contributed by atoms with E-state index in [0.29, 0.717) is 0 Å². The Morgan fingerprint density at radius 3 is 1.62 bits per heavy atom. The summed E-state index contributed by atoms with van der Waals surface area (Å²) in [5.74, 6) is 0. The van der Waals surface area contributed by atoms with E-state index >= 15 is 0 Å². The molecule has 6 heteroatoms. The van der Waals surface area contributed by atoms with E-state index < -0.39 is 10.1 Å². The van der Waals surface area contributed by atoms with Gasteiger partial charge in [-0.3, -0.25) is 4.55 Å². The van der Waals surface area contributed by atoms with Crippen molar-refractivity contribution in [3.63, 3.8) is 0 Å². The molecule has 0 aromatic heterocycles. The summed E-state index contributed by atoms with van der Waals surface area (Å²) in [5.41, 5.74) is 6.59. The fourth-order valence-corrected chi connectivity index (χ4v) is 3.20. The third-order valence-electron chi connectivity index (χ3n) is 4.14. The molecule has 0 amide bonds. The minimum atomic E-state index is -4.07. The second kappa shape index (κ2) is 14.3. The van der Waals surface area contributed by atoms with E-state index in [-0.39, 0.29) is 35.9 Å². The summed E-state index contributed by atoms with van der Waals surface area (Å²) < 4.78 is 30.8.